The topological polar surface area (TPSA) is 46.2 Å². The zero-order valence-corrected chi connectivity index (χ0v) is 13.1. The first-order valence-corrected chi connectivity index (χ1v) is 9.11. The van der Waals surface area contributed by atoms with Crippen molar-refractivity contribution in [2.75, 3.05) is 12.8 Å². The predicted octanol–water partition coefficient (Wildman–Crippen LogP) is 2.62. The van der Waals surface area contributed by atoms with Crippen molar-refractivity contribution in [1.82, 2.24) is 5.32 Å². The highest BCUT2D eigenvalue weighted by atomic mass is 32.2. The lowest BCUT2D eigenvalue weighted by molar-refractivity contribution is 0.483. The van der Waals surface area contributed by atoms with Gasteiger partial charge in [-0.25, -0.2) is 17.2 Å². The minimum atomic E-state index is -3.05. The Morgan fingerprint density at radius 1 is 1.29 bits per heavy atom. The van der Waals surface area contributed by atoms with Gasteiger partial charge in [0.2, 0.25) is 0 Å². The second-order valence-electron chi connectivity index (χ2n) is 5.89. The molecule has 0 aliphatic heterocycles. The highest BCUT2D eigenvalue weighted by Gasteiger charge is 2.34. The van der Waals surface area contributed by atoms with Crippen molar-refractivity contribution >= 4 is 9.84 Å². The molecule has 1 aliphatic rings. The summed E-state index contributed by atoms with van der Waals surface area (Å²) in [5, 5.41) is 2.94. The van der Waals surface area contributed by atoms with Gasteiger partial charge in [-0.05, 0) is 36.5 Å². The van der Waals surface area contributed by atoms with Crippen LogP contribution in [0.15, 0.2) is 18.2 Å². The Bertz CT molecular complexity index is 604. The Labute approximate surface area is 124 Å². The van der Waals surface area contributed by atoms with Crippen LogP contribution in [0.25, 0.3) is 0 Å². The van der Waals surface area contributed by atoms with Gasteiger partial charge in [0.15, 0.2) is 21.5 Å². The van der Waals surface area contributed by atoms with Crippen LogP contribution in [0.5, 0.6) is 0 Å². The molecule has 0 aromatic heterocycles. The van der Waals surface area contributed by atoms with Crippen LogP contribution in [0, 0.1) is 11.6 Å². The minimum Gasteiger partial charge on any atom is -0.312 e. The molecule has 1 aromatic carbocycles. The number of hydrogen-bond acceptors (Lipinski definition) is 3. The molecule has 0 amide bonds. The van der Waals surface area contributed by atoms with E-state index in [1.165, 1.54) is 12.3 Å². The zero-order valence-electron chi connectivity index (χ0n) is 12.3. The highest BCUT2D eigenvalue weighted by molar-refractivity contribution is 7.91. The van der Waals surface area contributed by atoms with Gasteiger partial charge in [0.1, 0.15) is 0 Å². The number of benzene rings is 1. The summed E-state index contributed by atoms with van der Waals surface area (Å²) in [5.74, 6) is -1.72. The normalized spacial score (nSPS) is 24.2. The maximum atomic E-state index is 13.2. The van der Waals surface area contributed by atoms with Crippen molar-refractivity contribution < 1.29 is 17.2 Å². The third-order valence-electron chi connectivity index (χ3n) is 4.20. The monoisotopic (exact) mass is 317 g/mol. The first-order chi connectivity index (χ1) is 9.79. The largest absolute Gasteiger partial charge is 0.312 e. The molecule has 1 aromatic rings. The van der Waals surface area contributed by atoms with Crippen LogP contribution in [0.2, 0.25) is 0 Å². The van der Waals surface area contributed by atoms with Crippen LogP contribution in [0.4, 0.5) is 8.78 Å². The van der Waals surface area contributed by atoms with Crippen molar-refractivity contribution in [1.29, 1.82) is 0 Å². The van der Waals surface area contributed by atoms with Crippen molar-refractivity contribution in [3.63, 3.8) is 0 Å². The molecule has 0 spiro atoms. The van der Waals surface area contributed by atoms with E-state index in [0.29, 0.717) is 18.5 Å². The second kappa shape index (κ2) is 6.40. The van der Waals surface area contributed by atoms with E-state index in [1.54, 1.807) is 6.07 Å². The molecule has 118 valence electrons. The third-order valence-corrected chi connectivity index (χ3v) is 5.87. The predicted molar refractivity (Wildman–Crippen MR) is 79.0 cm³/mol. The Morgan fingerprint density at radius 3 is 2.62 bits per heavy atom. The summed E-state index contributed by atoms with van der Waals surface area (Å²) in [6.45, 7) is 2.45. The lowest BCUT2D eigenvalue weighted by Gasteiger charge is -2.22. The lowest BCUT2D eigenvalue weighted by atomic mass is 10.0. The van der Waals surface area contributed by atoms with Gasteiger partial charge >= 0.3 is 0 Å². The number of rotatable bonds is 5. The number of nitrogens with one attached hydrogen (secondary N) is 1. The molecule has 0 unspecified atom stereocenters. The standard InChI is InChI=1S/C15H21F2NO2S/c1-10(11-6-7-12(16)13(17)8-11)9-18-14-4-3-5-15(14)21(2,19)20/h6-8,10,14-15,18H,3-5,9H2,1-2H3/t10-,14-,15+/m1/s1. The van der Waals surface area contributed by atoms with Crippen LogP contribution in [-0.4, -0.2) is 32.5 Å². The fourth-order valence-corrected chi connectivity index (χ4v) is 4.36. The summed E-state index contributed by atoms with van der Waals surface area (Å²) >= 11 is 0. The van der Waals surface area contributed by atoms with Crippen LogP contribution in [0.3, 0.4) is 0 Å². The van der Waals surface area contributed by atoms with Gasteiger partial charge in [-0.15, -0.1) is 0 Å². The third kappa shape index (κ3) is 4.01. The van der Waals surface area contributed by atoms with E-state index in [9.17, 15) is 17.2 Å². The van der Waals surface area contributed by atoms with Gasteiger partial charge in [-0.2, -0.15) is 0 Å². The molecule has 0 bridgehead atoms. The van der Waals surface area contributed by atoms with E-state index < -0.39 is 21.5 Å². The fraction of sp³-hybridized carbons (Fsp3) is 0.600. The van der Waals surface area contributed by atoms with Gasteiger partial charge in [0.05, 0.1) is 5.25 Å². The molecular weight excluding hydrogens is 296 g/mol. The summed E-state index contributed by atoms with van der Waals surface area (Å²) in [6, 6.07) is 3.83. The molecule has 6 heteroatoms. The van der Waals surface area contributed by atoms with Crippen molar-refractivity contribution in [2.24, 2.45) is 0 Å². The summed E-state index contributed by atoms with van der Waals surface area (Å²) in [6.07, 6.45) is 3.70. The molecule has 1 N–H and O–H groups in total. The molecule has 3 atom stereocenters. The minimum absolute atomic E-state index is 0.0130. The molecular formula is C15H21F2NO2S. The van der Waals surface area contributed by atoms with Gasteiger partial charge in [-0.1, -0.05) is 19.4 Å². The van der Waals surface area contributed by atoms with Crippen LogP contribution >= 0.6 is 0 Å². The second-order valence-corrected chi connectivity index (χ2v) is 8.15. The molecule has 0 radical (unpaired) electrons. The summed E-state index contributed by atoms with van der Waals surface area (Å²) in [7, 11) is -3.05. The Morgan fingerprint density at radius 2 is 2.00 bits per heavy atom. The van der Waals surface area contributed by atoms with Gasteiger partial charge in [0.25, 0.3) is 0 Å². The van der Waals surface area contributed by atoms with Gasteiger partial charge in [-0.3, -0.25) is 0 Å². The van der Waals surface area contributed by atoms with Crippen LogP contribution in [0.1, 0.15) is 37.7 Å². The zero-order chi connectivity index (χ0) is 15.6. The summed E-state index contributed by atoms with van der Waals surface area (Å²) in [5.41, 5.74) is 0.704. The SMILES string of the molecule is C[C@H](CN[C@@H]1CCC[C@@H]1S(C)(=O)=O)c1ccc(F)c(F)c1. The molecule has 1 saturated carbocycles. The van der Waals surface area contributed by atoms with E-state index in [1.807, 2.05) is 6.92 Å². The molecule has 3 nitrogen and oxygen atoms in total. The van der Waals surface area contributed by atoms with Gasteiger partial charge < -0.3 is 5.32 Å². The van der Waals surface area contributed by atoms with Crippen LogP contribution < -0.4 is 5.32 Å². The average Bonchev–Trinajstić information content (AvgIpc) is 2.87. The quantitative estimate of drug-likeness (QED) is 0.908. The smallest absolute Gasteiger partial charge is 0.159 e. The maximum Gasteiger partial charge on any atom is 0.159 e. The van der Waals surface area contributed by atoms with E-state index >= 15 is 0 Å². The van der Waals surface area contributed by atoms with E-state index in [2.05, 4.69) is 5.32 Å². The van der Waals surface area contributed by atoms with Crippen molar-refractivity contribution in [3.8, 4) is 0 Å². The number of sulfone groups is 1. The van der Waals surface area contributed by atoms with E-state index in [4.69, 9.17) is 0 Å². The van der Waals surface area contributed by atoms with E-state index in [0.717, 1.165) is 18.9 Å². The molecule has 0 heterocycles. The Hall–Kier alpha value is -1.01. The molecule has 21 heavy (non-hydrogen) atoms. The summed E-state index contributed by atoms with van der Waals surface area (Å²) < 4.78 is 49.6. The highest BCUT2D eigenvalue weighted by Crippen LogP contribution is 2.26. The number of hydrogen-bond donors (Lipinski definition) is 1. The van der Waals surface area contributed by atoms with Gasteiger partial charge in [0, 0.05) is 18.8 Å². The van der Waals surface area contributed by atoms with Crippen molar-refractivity contribution in [2.45, 2.75) is 43.4 Å². The van der Waals surface area contributed by atoms with Crippen molar-refractivity contribution in [3.05, 3.63) is 35.4 Å². The first-order valence-electron chi connectivity index (χ1n) is 7.16. The Balaban J connectivity index is 1.97. The maximum absolute atomic E-state index is 13.2. The molecule has 2 rings (SSSR count). The molecule has 1 fully saturated rings. The number of halogens is 2. The molecule has 1 aliphatic carbocycles. The van der Waals surface area contributed by atoms with E-state index in [-0.39, 0.29) is 17.2 Å². The lowest BCUT2D eigenvalue weighted by Crippen LogP contribution is -2.41. The van der Waals surface area contributed by atoms with Crippen LogP contribution in [-0.2, 0) is 9.84 Å². The first kappa shape index (κ1) is 16.4. The summed E-state index contributed by atoms with van der Waals surface area (Å²) in [4.78, 5) is 0. The fourth-order valence-electron chi connectivity index (χ4n) is 2.94. The molecule has 0 saturated heterocycles. The average molecular weight is 317 g/mol. The Kier molecular flexibility index (Phi) is 4.99.